The molecule has 0 spiro atoms. The van der Waals surface area contributed by atoms with Crippen LogP contribution in [0.1, 0.15) is 39.0 Å². The van der Waals surface area contributed by atoms with Gasteiger partial charge in [-0.05, 0) is 32.1 Å². The molecular weight excluding hydrogens is 216 g/mol. The molecule has 17 heavy (non-hydrogen) atoms. The molecule has 2 aliphatic rings. The van der Waals surface area contributed by atoms with E-state index in [9.17, 15) is 4.79 Å². The van der Waals surface area contributed by atoms with E-state index >= 15 is 0 Å². The summed E-state index contributed by atoms with van der Waals surface area (Å²) in [5.74, 6) is 0.563. The molecule has 1 aliphatic carbocycles. The molecule has 0 aromatic rings. The Morgan fingerprint density at radius 1 is 1.29 bits per heavy atom. The Labute approximate surface area is 103 Å². The molecule has 1 saturated carbocycles. The Bertz CT molecular complexity index is 254. The van der Waals surface area contributed by atoms with Crippen molar-refractivity contribution in [2.45, 2.75) is 51.2 Å². The molecule has 2 unspecified atom stereocenters. The summed E-state index contributed by atoms with van der Waals surface area (Å²) in [4.78, 5) is 11.4. The van der Waals surface area contributed by atoms with Crippen LogP contribution >= 0.6 is 0 Å². The number of hydrogen-bond acceptors (Lipinski definition) is 3. The third-order valence-corrected chi connectivity index (χ3v) is 3.63. The summed E-state index contributed by atoms with van der Waals surface area (Å²) >= 11 is 0. The van der Waals surface area contributed by atoms with Gasteiger partial charge in [0.25, 0.3) is 0 Å². The summed E-state index contributed by atoms with van der Waals surface area (Å²) in [6, 6.07) is 0.562. The van der Waals surface area contributed by atoms with E-state index in [0.29, 0.717) is 18.1 Å². The smallest absolute Gasteiger partial charge is 0.223 e. The fourth-order valence-electron chi connectivity index (χ4n) is 2.30. The molecule has 2 fully saturated rings. The van der Waals surface area contributed by atoms with Crippen LogP contribution in [0, 0.1) is 5.92 Å². The van der Waals surface area contributed by atoms with Crippen LogP contribution in [-0.4, -0.2) is 37.7 Å². The Morgan fingerprint density at radius 2 is 2.12 bits per heavy atom. The van der Waals surface area contributed by atoms with Gasteiger partial charge in [-0.15, -0.1) is 0 Å². The number of rotatable bonds is 6. The quantitative estimate of drug-likeness (QED) is 0.683. The summed E-state index contributed by atoms with van der Waals surface area (Å²) in [5.41, 5.74) is 0. The normalized spacial score (nSPS) is 29.0. The van der Waals surface area contributed by atoms with Crippen LogP contribution in [-0.2, 0) is 9.53 Å². The van der Waals surface area contributed by atoms with Gasteiger partial charge in [-0.1, -0.05) is 6.92 Å². The first kappa shape index (κ1) is 12.8. The maximum atomic E-state index is 11.4. The van der Waals surface area contributed by atoms with Crippen LogP contribution in [0.3, 0.4) is 0 Å². The van der Waals surface area contributed by atoms with Crippen molar-refractivity contribution in [3.8, 4) is 0 Å². The lowest BCUT2D eigenvalue weighted by Crippen LogP contribution is -2.42. The highest BCUT2D eigenvalue weighted by Crippen LogP contribution is 2.28. The van der Waals surface area contributed by atoms with Crippen molar-refractivity contribution in [2.24, 2.45) is 5.92 Å². The van der Waals surface area contributed by atoms with Crippen LogP contribution in [0.4, 0.5) is 0 Å². The molecule has 1 aliphatic heterocycles. The zero-order valence-electron chi connectivity index (χ0n) is 10.7. The molecule has 0 bridgehead atoms. The van der Waals surface area contributed by atoms with Crippen molar-refractivity contribution >= 4 is 5.91 Å². The van der Waals surface area contributed by atoms with Crippen LogP contribution in [0.15, 0.2) is 0 Å². The molecule has 2 N–H and O–H groups in total. The van der Waals surface area contributed by atoms with Crippen molar-refractivity contribution < 1.29 is 9.53 Å². The van der Waals surface area contributed by atoms with E-state index in [4.69, 9.17) is 4.74 Å². The lowest BCUT2D eigenvalue weighted by molar-refractivity contribution is -0.122. The Kier molecular flexibility index (Phi) is 4.80. The minimum absolute atomic E-state index is 0.241. The first-order valence-electron chi connectivity index (χ1n) is 6.92. The van der Waals surface area contributed by atoms with E-state index in [1.54, 1.807) is 0 Å². The van der Waals surface area contributed by atoms with Crippen molar-refractivity contribution in [3.05, 3.63) is 0 Å². The first-order chi connectivity index (χ1) is 8.29. The first-order valence-corrected chi connectivity index (χ1v) is 6.92. The minimum atomic E-state index is 0.241. The van der Waals surface area contributed by atoms with Crippen LogP contribution in [0.2, 0.25) is 0 Å². The van der Waals surface area contributed by atoms with E-state index in [2.05, 4.69) is 17.6 Å². The molecule has 1 saturated heterocycles. The van der Waals surface area contributed by atoms with Crippen molar-refractivity contribution in [1.29, 1.82) is 0 Å². The lowest BCUT2D eigenvalue weighted by atomic mass is 10.0. The maximum absolute atomic E-state index is 11.4. The van der Waals surface area contributed by atoms with E-state index < -0.39 is 0 Å². The van der Waals surface area contributed by atoms with Gasteiger partial charge in [0.05, 0.1) is 6.10 Å². The predicted octanol–water partition coefficient (Wildman–Crippen LogP) is 1.06. The second-order valence-electron chi connectivity index (χ2n) is 5.14. The predicted molar refractivity (Wildman–Crippen MR) is 66.8 cm³/mol. The second kappa shape index (κ2) is 6.36. The van der Waals surface area contributed by atoms with E-state index in [0.717, 1.165) is 51.8 Å². The molecule has 0 aromatic heterocycles. The average Bonchev–Trinajstić information content (AvgIpc) is 3.19. The van der Waals surface area contributed by atoms with E-state index in [1.807, 2.05) is 0 Å². The third-order valence-electron chi connectivity index (χ3n) is 3.63. The molecule has 2 atom stereocenters. The van der Waals surface area contributed by atoms with Gasteiger partial charge < -0.3 is 15.4 Å². The monoisotopic (exact) mass is 240 g/mol. The van der Waals surface area contributed by atoms with Crippen molar-refractivity contribution in [1.82, 2.24) is 10.6 Å². The second-order valence-corrected chi connectivity index (χ2v) is 5.14. The molecule has 0 aromatic carbocycles. The average molecular weight is 240 g/mol. The number of hydrogen-bond donors (Lipinski definition) is 2. The highest BCUT2D eigenvalue weighted by Gasteiger charge is 2.29. The van der Waals surface area contributed by atoms with Gasteiger partial charge in [0, 0.05) is 31.7 Å². The number of ether oxygens (including phenoxy) is 1. The largest absolute Gasteiger partial charge is 0.378 e. The number of amides is 1. The summed E-state index contributed by atoms with van der Waals surface area (Å²) in [6.45, 7) is 4.66. The Morgan fingerprint density at radius 3 is 2.82 bits per heavy atom. The molecule has 4 nitrogen and oxygen atoms in total. The third kappa shape index (κ3) is 4.28. The standard InChI is InChI=1S/C13H24N2O2/c1-2-12-9-11(5-8-17-12)14-6-7-15-13(16)10-3-4-10/h10-12,14H,2-9H2,1H3,(H,15,16). The van der Waals surface area contributed by atoms with Gasteiger partial charge in [-0.3, -0.25) is 4.79 Å². The highest BCUT2D eigenvalue weighted by molar-refractivity contribution is 5.80. The summed E-state index contributed by atoms with van der Waals surface area (Å²) in [6.07, 6.45) is 5.87. The van der Waals surface area contributed by atoms with Crippen LogP contribution in [0.25, 0.3) is 0 Å². The summed E-state index contributed by atoms with van der Waals surface area (Å²) in [7, 11) is 0. The van der Waals surface area contributed by atoms with Crippen molar-refractivity contribution in [3.63, 3.8) is 0 Å². The van der Waals surface area contributed by atoms with Crippen LogP contribution in [0.5, 0.6) is 0 Å². The highest BCUT2D eigenvalue weighted by atomic mass is 16.5. The molecule has 2 rings (SSSR count). The number of carbonyl (C=O) groups is 1. The lowest BCUT2D eigenvalue weighted by Gasteiger charge is -2.29. The fourth-order valence-corrected chi connectivity index (χ4v) is 2.30. The minimum Gasteiger partial charge on any atom is -0.378 e. The Balaban J connectivity index is 1.53. The van der Waals surface area contributed by atoms with Gasteiger partial charge in [0.2, 0.25) is 5.91 Å². The van der Waals surface area contributed by atoms with Crippen molar-refractivity contribution in [2.75, 3.05) is 19.7 Å². The molecular formula is C13H24N2O2. The fraction of sp³-hybridized carbons (Fsp3) is 0.923. The SMILES string of the molecule is CCC1CC(NCCNC(=O)C2CC2)CCO1. The zero-order valence-corrected chi connectivity index (χ0v) is 10.7. The summed E-state index contributed by atoms with van der Waals surface area (Å²) in [5, 5.41) is 6.48. The molecule has 1 amide bonds. The molecule has 1 heterocycles. The zero-order chi connectivity index (χ0) is 12.1. The van der Waals surface area contributed by atoms with E-state index in [-0.39, 0.29) is 5.91 Å². The topological polar surface area (TPSA) is 50.4 Å². The summed E-state index contributed by atoms with van der Waals surface area (Å²) < 4.78 is 5.63. The number of nitrogens with one attached hydrogen (secondary N) is 2. The molecule has 98 valence electrons. The molecule has 0 radical (unpaired) electrons. The van der Waals surface area contributed by atoms with Gasteiger partial charge in [-0.25, -0.2) is 0 Å². The van der Waals surface area contributed by atoms with Gasteiger partial charge in [-0.2, -0.15) is 0 Å². The number of carbonyl (C=O) groups excluding carboxylic acids is 1. The van der Waals surface area contributed by atoms with E-state index in [1.165, 1.54) is 0 Å². The van der Waals surface area contributed by atoms with Gasteiger partial charge in [0.15, 0.2) is 0 Å². The van der Waals surface area contributed by atoms with Gasteiger partial charge >= 0.3 is 0 Å². The van der Waals surface area contributed by atoms with Crippen LogP contribution < -0.4 is 10.6 Å². The maximum Gasteiger partial charge on any atom is 0.223 e. The van der Waals surface area contributed by atoms with Gasteiger partial charge in [0.1, 0.15) is 0 Å². The Hall–Kier alpha value is -0.610. The molecule has 4 heteroatoms.